The molecule has 4 nitrogen and oxygen atoms in total. The zero-order chi connectivity index (χ0) is 13.9. The number of rotatable bonds is 4. The molecule has 20 heavy (non-hydrogen) atoms. The molecule has 2 heterocycles. The van der Waals surface area contributed by atoms with Crippen molar-refractivity contribution in [1.29, 1.82) is 0 Å². The highest BCUT2D eigenvalue weighted by Crippen LogP contribution is 2.17. The number of fused-ring (bicyclic) bond motifs is 1. The van der Waals surface area contributed by atoms with E-state index in [0.717, 1.165) is 16.7 Å². The first-order valence-corrected chi connectivity index (χ1v) is 6.57. The Balaban J connectivity index is 1.68. The molecule has 0 bridgehead atoms. The van der Waals surface area contributed by atoms with Gasteiger partial charge in [0, 0.05) is 11.7 Å². The summed E-state index contributed by atoms with van der Waals surface area (Å²) in [6.45, 7) is 2.80. The Hall–Kier alpha value is -2.49. The van der Waals surface area contributed by atoms with Crippen molar-refractivity contribution < 1.29 is 9.21 Å². The predicted molar refractivity (Wildman–Crippen MR) is 77.2 cm³/mol. The molecule has 0 aliphatic rings. The number of benzene rings is 1. The van der Waals surface area contributed by atoms with Crippen LogP contribution in [-0.2, 0) is 17.9 Å². The number of furan rings is 1. The summed E-state index contributed by atoms with van der Waals surface area (Å²) in [7, 11) is 0. The van der Waals surface area contributed by atoms with Crippen LogP contribution in [0.4, 0.5) is 0 Å². The number of amides is 1. The third kappa shape index (κ3) is 2.59. The lowest BCUT2D eigenvalue weighted by molar-refractivity contribution is -0.121. The summed E-state index contributed by atoms with van der Waals surface area (Å²) in [5, 5.41) is 4.00. The van der Waals surface area contributed by atoms with E-state index in [1.807, 2.05) is 35.0 Å². The molecule has 0 unspecified atom stereocenters. The number of hydrogen-bond acceptors (Lipinski definition) is 2. The maximum absolute atomic E-state index is 11.9. The predicted octanol–water partition coefficient (Wildman–Crippen LogP) is 2.86. The topological polar surface area (TPSA) is 47.2 Å². The second-order valence-electron chi connectivity index (χ2n) is 4.86. The third-order valence-corrected chi connectivity index (χ3v) is 3.28. The molecule has 0 saturated heterocycles. The van der Waals surface area contributed by atoms with Crippen LogP contribution >= 0.6 is 0 Å². The number of nitrogens with zero attached hydrogens (tertiary/aromatic N) is 1. The van der Waals surface area contributed by atoms with Crippen LogP contribution in [0.2, 0.25) is 0 Å². The van der Waals surface area contributed by atoms with E-state index in [9.17, 15) is 4.79 Å². The Kier molecular flexibility index (Phi) is 3.29. The molecule has 3 rings (SSSR count). The molecule has 0 saturated carbocycles. The minimum atomic E-state index is -0.0283. The lowest BCUT2D eigenvalue weighted by atomic mass is 10.2. The molecule has 1 N–H and O–H groups in total. The number of aryl methyl sites for hydroxylation is 1. The number of hydrogen-bond donors (Lipinski definition) is 1. The van der Waals surface area contributed by atoms with Crippen molar-refractivity contribution in [2.45, 2.75) is 20.0 Å². The fourth-order valence-electron chi connectivity index (χ4n) is 2.27. The van der Waals surface area contributed by atoms with Gasteiger partial charge in [-0.2, -0.15) is 0 Å². The van der Waals surface area contributed by atoms with E-state index in [2.05, 4.69) is 24.4 Å². The summed E-state index contributed by atoms with van der Waals surface area (Å²) >= 11 is 0. The first kappa shape index (κ1) is 12.5. The maximum Gasteiger partial charge on any atom is 0.240 e. The Morgan fingerprint density at radius 1 is 1.30 bits per heavy atom. The van der Waals surface area contributed by atoms with E-state index < -0.39 is 0 Å². The van der Waals surface area contributed by atoms with Gasteiger partial charge in [-0.15, -0.1) is 0 Å². The molecular weight excluding hydrogens is 252 g/mol. The minimum Gasteiger partial charge on any atom is -0.467 e. The third-order valence-electron chi connectivity index (χ3n) is 3.28. The quantitative estimate of drug-likeness (QED) is 0.791. The average Bonchev–Trinajstić information content (AvgIpc) is 3.06. The SMILES string of the molecule is Cc1ccc2c(ccn2CC(=O)NCc2ccco2)c1. The summed E-state index contributed by atoms with van der Waals surface area (Å²) in [5.41, 5.74) is 2.29. The van der Waals surface area contributed by atoms with E-state index in [1.165, 1.54) is 5.56 Å². The normalized spacial score (nSPS) is 10.8. The summed E-state index contributed by atoms with van der Waals surface area (Å²) in [4.78, 5) is 11.9. The van der Waals surface area contributed by atoms with Crippen molar-refractivity contribution in [2.24, 2.45) is 0 Å². The number of carbonyl (C=O) groups excluding carboxylic acids is 1. The Morgan fingerprint density at radius 2 is 2.20 bits per heavy atom. The van der Waals surface area contributed by atoms with E-state index in [-0.39, 0.29) is 5.91 Å². The van der Waals surface area contributed by atoms with Crippen molar-refractivity contribution in [3.8, 4) is 0 Å². The fourth-order valence-corrected chi connectivity index (χ4v) is 2.27. The van der Waals surface area contributed by atoms with Gasteiger partial charge in [0.1, 0.15) is 12.3 Å². The van der Waals surface area contributed by atoms with Crippen LogP contribution < -0.4 is 5.32 Å². The van der Waals surface area contributed by atoms with Crippen LogP contribution in [0.25, 0.3) is 10.9 Å². The summed E-state index contributed by atoms with van der Waals surface area (Å²) in [6, 6.07) is 11.9. The molecule has 2 aromatic heterocycles. The van der Waals surface area contributed by atoms with Gasteiger partial charge >= 0.3 is 0 Å². The standard InChI is InChI=1S/C16H16N2O2/c1-12-4-5-15-13(9-12)6-7-18(15)11-16(19)17-10-14-3-2-8-20-14/h2-9H,10-11H2,1H3,(H,17,19). The number of carbonyl (C=O) groups is 1. The van der Waals surface area contributed by atoms with E-state index in [0.29, 0.717) is 13.1 Å². The zero-order valence-corrected chi connectivity index (χ0v) is 11.3. The molecule has 0 aliphatic heterocycles. The Morgan fingerprint density at radius 3 is 3.00 bits per heavy atom. The summed E-state index contributed by atoms with van der Waals surface area (Å²) in [5.74, 6) is 0.728. The Labute approximate surface area is 117 Å². The molecule has 0 spiro atoms. The van der Waals surface area contributed by atoms with E-state index in [4.69, 9.17) is 4.42 Å². The first-order chi connectivity index (χ1) is 9.72. The molecule has 0 fully saturated rings. The van der Waals surface area contributed by atoms with Crippen molar-refractivity contribution >= 4 is 16.8 Å². The van der Waals surface area contributed by atoms with Gasteiger partial charge in [0.15, 0.2) is 0 Å². The molecular formula is C16H16N2O2. The first-order valence-electron chi connectivity index (χ1n) is 6.57. The van der Waals surface area contributed by atoms with E-state index in [1.54, 1.807) is 6.26 Å². The van der Waals surface area contributed by atoms with Gasteiger partial charge in [-0.3, -0.25) is 4.79 Å². The molecule has 0 radical (unpaired) electrons. The lowest BCUT2D eigenvalue weighted by Crippen LogP contribution is -2.26. The van der Waals surface area contributed by atoms with Crippen molar-refractivity contribution in [1.82, 2.24) is 9.88 Å². The smallest absolute Gasteiger partial charge is 0.240 e. The van der Waals surface area contributed by atoms with Gasteiger partial charge in [0.05, 0.1) is 12.8 Å². The highest BCUT2D eigenvalue weighted by atomic mass is 16.3. The van der Waals surface area contributed by atoms with Gasteiger partial charge in [-0.25, -0.2) is 0 Å². The second-order valence-corrected chi connectivity index (χ2v) is 4.86. The summed E-state index contributed by atoms with van der Waals surface area (Å²) < 4.78 is 7.13. The van der Waals surface area contributed by atoms with Crippen molar-refractivity contribution in [2.75, 3.05) is 0 Å². The highest BCUT2D eigenvalue weighted by molar-refractivity contribution is 5.83. The van der Waals surface area contributed by atoms with Gasteiger partial charge in [-0.05, 0) is 42.6 Å². The van der Waals surface area contributed by atoms with Gasteiger partial charge in [0.2, 0.25) is 5.91 Å². The monoisotopic (exact) mass is 268 g/mol. The van der Waals surface area contributed by atoms with Crippen LogP contribution in [0, 0.1) is 6.92 Å². The fraction of sp³-hybridized carbons (Fsp3) is 0.188. The molecule has 3 aromatic rings. The average molecular weight is 268 g/mol. The largest absolute Gasteiger partial charge is 0.467 e. The van der Waals surface area contributed by atoms with E-state index >= 15 is 0 Å². The number of aromatic nitrogens is 1. The molecule has 4 heteroatoms. The van der Waals surface area contributed by atoms with Crippen LogP contribution in [0.3, 0.4) is 0 Å². The minimum absolute atomic E-state index is 0.0283. The molecule has 1 aromatic carbocycles. The molecule has 102 valence electrons. The summed E-state index contributed by atoms with van der Waals surface area (Å²) in [6.07, 6.45) is 3.54. The highest BCUT2D eigenvalue weighted by Gasteiger charge is 2.06. The second kappa shape index (κ2) is 5.25. The number of nitrogens with one attached hydrogen (secondary N) is 1. The molecule has 1 amide bonds. The van der Waals surface area contributed by atoms with Gasteiger partial charge in [0.25, 0.3) is 0 Å². The van der Waals surface area contributed by atoms with Crippen LogP contribution in [0.5, 0.6) is 0 Å². The zero-order valence-electron chi connectivity index (χ0n) is 11.3. The molecule has 0 atom stereocenters. The van der Waals surface area contributed by atoms with Crippen LogP contribution in [0.15, 0.2) is 53.3 Å². The van der Waals surface area contributed by atoms with Crippen LogP contribution in [-0.4, -0.2) is 10.5 Å². The Bertz CT molecular complexity index is 726. The lowest BCUT2D eigenvalue weighted by Gasteiger charge is -2.06. The molecule has 0 aliphatic carbocycles. The van der Waals surface area contributed by atoms with Gasteiger partial charge < -0.3 is 14.3 Å². The van der Waals surface area contributed by atoms with Crippen LogP contribution in [0.1, 0.15) is 11.3 Å². The van der Waals surface area contributed by atoms with Crippen molar-refractivity contribution in [3.05, 3.63) is 60.2 Å². The maximum atomic E-state index is 11.9. The van der Waals surface area contributed by atoms with Crippen molar-refractivity contribution in [3.63, 3.8) is 0 Å². The van der Waals surface area contributed by atoms with Gasteiger partial charge in [-0.1, -0.05) is 11.6 Å².